The summed E-state index contributed by atoms with van der Waals surface area (Å²) in [6.45, 7) is 6.12. The van der Waals surface area contributed by atoms with Crippen molar-refractivity contribution in [3.8, 4) is 17.2 Å². The Hall–Kier alpha value is -1.96. The van der Waals surface area contributed by atoms with Gasteiger partial charge in [-0.1, -0.05) is 23.8 Å². The van der Waals surface area contributed by atoms with E-state index in [9.17, 15) is 5.11 Å². The van der Waals surface area contributed by atoms with E-state index < -0.39 is 0 Å². The average molecular weight is 228 g/mol. The summed E-state index contributed by atoms with van der Waals surface area (Å²) in [5.74, 6) is 1.73. The molecule has 0 atom stereocenters. The van der Waals surface area contributed by atoms with Gasteiger partial charge in [-0.3, -0.25) is 0 Å². The van der Waals surface area contributed by atoms with Crippen molar-refractivity contribution in [2.45, 2.75) is 20.8 Å². The van der Waals surface area contributed by atoms with Crippen molar-refractivity contribution in [3.05, 3.63) is 53.1 Å². The van der Waals surface area contributed by atoms with Crippen LogP contribution in [-0.2, 0) is 0 Å². The molecule has 0 aliphatic heterocycles. The topological polar surface area (TPSA) is 29.5 Å². The van der Waals surface area contributed by atoms with Crippen molar-refractivity contribution < 1.29 is 9.84 Å². The van der Waals surface area contributed by atoms with Crippen molar-refractivity contribution in [3.63, 3.8) is 0 Å². The maximum absolute atomic E-state index is 9.39. The van der Waals surface area contributed by atoms with E-state index in [0.29, 0.717) is 5.75 Å². The third-order valence-corrected chi connectivity index (χ3v) is 2.64. The molecule has 0 saturated carbocycles. The predicted molar refractivity (Wildman–Crippen MR) is 68.8 cm³/mol. The molecule has 0 aliphatic carbocycles. The SMILES string of the molecule is Cc1cc(C)c(Oc2cccc(O)c2)c(C)c1. The van der Waals surface area contributed by atoms with Gasteiger partial charge in [0.2, 0.25) is 0 Å². The van der Waals surface area contributed by atoms with E-state index in [1.54, 1.807) is 18.2 Å². The zero-order chi connectivity index (χ0) is 12.4. The zero-order valence-electron chi connectivity index (χ0n) is 10.3. The molecule has 0 amide bonds. The quantitative estimate of drug-likeness (QED) is 0.838. The molecule has 0 fully saturated rings. The van der Waals surface area contributed by atoms with Gasteiger partial charge in [-0.25, -0.2) is 0 Å². The summed E-state index contributed by atoms with van der Waals surface area (Å²) in [4.78, 5) is 0. The monoisotopic (exact) mass is 228 g/mol. The first-order valence-corrected chi connectivity index (χ1v) is 5.61. The summed E-state index contributed by atoms with van der Waals surface area (Å²) in [5.41, 5.74) is 3.43. The van der Waals surface area contributed by atoms with Crippen molar-refractivity contribution in [2.75, 3.05) is 0 Å². The molecule has 88 valence electrons. The van der Waals surface area contributed by atoms with E-state index in [-0.39, 0.29) is 5.75 Å². The summed E-state index contributed by atoms with van der Waals surface area (Å²) in [6.07, 6.45) is 0. The van der Waals surface area contributed by atoms with E-state index in [0.717, 1.165) is 16.9 Å². The van der Waals surface area contributed by atoms with Gasteiger partial charge in [-0.15, -0.1) is 0 Å². The number of rotatable bonds is 2. The number of benzene rings is 2. The van der Waals surface area contributed by atoms with Gasteiger partial charge in [0, 0.05) is 6.07 Å². The number of ether oxygens (including phenoxy) is 1. The summed E-state index contributed by atoms with van der Waals surface area (Å²) < 4.78 is 5.82. The molecule has 1 N–H and O–H groups in total. The smallest absolute Gasteiger partial charge is 0.133 e. The molecule has 2 aromatic carbocycles. The third kappa shape index (κ3) is 2.59. The van der Waals surface area contributed by atoms with Crippen LogP contribution in [0.15, 0.2) is 36.4 Å². The lowest BCUT2D eigenvalue weighted by Gasteiger charge is -2.12. The number of phenols is 1. The van der Waals surface area contributed by atoms with Gasteiger partial charge in [0.15, 0.2) is 0 Å². The van der Waals surface area contributed by atoms with Crippen LogP contribution < -0.4 is 4.74 Å². The highest BCUT2D eigenvalue weighted by molar-refractivity contribution is 5.46. The zero-order valence-corrected chi connectivity index (χ0v) is 10.3. The normalized spacial score (nSPS) is 10.3. The Bertz CT molecular complexity index is 521. The highest BCUT2D eigenvalue weighted by atomic mass is 16.5. The summed E-state index contributed by atoms with van der Waals surface area (Å²) in [6, 6.07) is 11.0. The number of hydrogen-bond acceptors (Lipinski definition) is 2. The fourth-order valence-corrected chi connectivity index (χ4v) is 1.99. The highest BCUT2D eigenvalue weighted by Gasteiger charge is 2.06. The second-order valence-corrected chi connectivity index (χ2v) is 4.33. The van der Waals surface area contributed by atoms with Gasteiger partial charge in [-0.05, 0) is 44.0 Å². The Labute approximate surface area is 101 Å². The number of phenolic OH excluding ortho intramolecular Hbond substituents is 1. The second-order valence-electron chi connectivity index (χ2n) is 4.33. The van der Waals surface area contributed by atoms with E-state index >= 15 is 0 Å². The molecule has 0 bridgehead atoms. The summed E-state index contributed by atoms with van der Waals surface area (Å²) >= 11 is 0. The van der Waals surface area contributed by atoms with Crippen LogP contribution in [-0.4, -0.2) is 5.11 Å². The molecule has 2 nitrogen and oxygen atoms in total. The summed E-state index contributed by atoms with van der Waals surface area (Å²) in [7, 11) is 0. The lowest BCUT2D eigenvalue weighted by atomic mass is 10.1. The van der Waals surface area contributed by atoms with Crippen LogP contribution in [0.5, 0.6) is 17.2 Å². The van der Waals surface area contributed by atoms with Crippen molar-refractivity contribution in [1.82, 2.24) is 0 Å². The molecular formula is C15H16O2. The molecule has 0 aromatic heterocycles. The van der Waals surface area contributed by atoms with Crippen LogP contribution >= 0.6 is 0 Å². The minimum atomic E-state index is 0.213. The average Bonchev–Trinajstić information content (AvgIpc) is 2.23. The van der Waals surface area contributed by atoms with E-state index in [1.165, 1.54) is 5.56 Å². The largest absolute Gasteiger partial charge is 0.508 e. The van der Waals surface area contributed by atoms with Gasteiger partial charge in [0.1, 0.15) is 17.2 Å². The molecule has 0 aliphatic rings. The minimum absolute atomic E-state index is 0.213. The van der Waals surface area contributed by atoms with Crippen LogP contribution in [0.2, 0.25) is 0 Å². The Morgan fingerprint density at radius 1 is 0.941 bits per heavy atom. The third-order valence-electron chi connectivity index (χ3n) is 2.64. The number of aryl methyl sites for hydroxylation is 3. The lowest BCUT2D eigenvalue weighted by Crippen LogP contribution is -1.92. The van der Waals surface area contributed by atoms with Crippen molar-refractivity contribution >= 4 is 0 Å². The van der Waals surface area contributed by atoms with Gasteiger partial charge in [-0.2, -0.15) is 0 Å². The predicted octanol–water partition coefficient (Wildman–Crippen LogP) is 4.11. The molecule has 17 heavy (non-hydrogen) atoms. The molecule has 0 radical (unpaired) electrons. The van der Waals surface area contributed by atoms with Crippen LogP contribution in [0.3, 0.4) is 0 Å². The lowest BCUT2D eigenvalue weighted by molar-refractivity contribution is 0.452. The van der Waals surface area contributed by atoms with Gasteiger partial charge in [0.05, 0.1) is 0 Å². The standard InChI is InChI=1S/C15H16O2/c1-10-7-11(2)15(12(3)8-10)17-14-6-4-5-13(16)9-14/h4-9,16H,1-3H3. The second kappa shape index (κ2) is 4.50. The Balaban J connectivity index is 2.36. The van der Waals surface area contributed by atoms with E-state index in [1.807, 2.05) is 19.9 Å². The fourth-order valence-electron chi connectivity index (χ4n) is 1.99. The first kappa shape index (κ1) is 11.5. The Morgan fingerprint density at radius 2 is 1.59 bits per heavy atom. The Morgan fingerprint density at radius 3 is 2.18 bits per heavy atom. The van der Waals surface area contributed by atoms with Crippen LogP contribution in [0.25, 0.3) is 0 Å². The van der Waals surface area contributed by atoms with Crippen LogP contribution in [0.1, 0.15) is 16.7 Å². The van der Waals surface area contributed by atoms with Crippen LogP contribution in [0.4, 0.5) is 0 Å². The molecular weight excluding hydrogens is 212 g/mol. The van der Waals surface area contributed by atoms with Crippen molar-refractivity contribution in [1.29, 1.82) is 0 Å². The van der Waals surface area contributed by atoms with Gasteiger partial charge >= 0.3 is 0 Å². The maximum Gasteiger partial charge on any atom is 0.133 e. The van der Waals surface area contributed by atoms with E-state index in [4.69, 9.17) is 4.74 Å². The van der Waals surface area contributed by atoms with Gasteiger partial charge < -0.3 is 9.84 Å². The first-order chi connectivity index (χ1) is 8.06. The number of hydrogen-bond donors (Lipinski definition) is 1. The maximum atomic E-state index is 9.39. The summed E-state index contributed by atoms with van der Waals surface area (Å²) in [5, 5.41) is 9.39. The molecule has 0 saturated heterocycles. The van der Waals surface area contributed by atoms with Crippen LogP contribution in [0, 0.1) is 20.8 Å². The molecule has 2 aromatic rings. The minimum Gasteiger partial charge on any atom is -0.508 e. The van der Waals surface area contributed by atoms with E-state index in [2.05, 4.69) is 19.1 Å². The molecule has 2 rings (SSSR count). The first-order valence-electron chi connectivity index (χ1n) is 5.61. The molecule has 0 unspecified atom stereocenters. The van der Waals surface area contributed by atoms with Crippen molar-refractivity contribution in [2.24, 2.45) is 0 Å². The molecule has 2 heteroatoms. The molecule has 0 heterocycles. The Kier molecular flexibility index (Phi) is 3.05. The highest BCUT2D eigenvalue weighted by Crippen LogP contribution is 2.30. The number of aromatic hydroxyl groups is 1. The van der Waals surface area contributed by atoms with Gasteiger partial charge in [0.25, 0.3) is 0 Å². The molecule has 0 spiro atoms. The fraction of sp³-hybridized carbons (Fsp3) is 0.200.